The number of hydrogen-bond donors (Lipinski definition) is 2. The fourth-order valence-electron chi connectivity index (χ4n) is 2.64. The van der Waals surface area contributed by atoms with E-state index in [1.165, 1.54) is 5.56 Å². The molecule has 0 aromatic carbocycles. The zero-order chi connectivity index (χ0) is 14.7. The van der Waals surface area contributed by atoms with E-state index in [-0.39, 0.29) is 6.10 Å². The Morgan fingerprint density at radius 1 is 1.62 bits per heavy atom. The largest absolute Gasteiger partial charge is 0.375 e. The van der Waals surface area contributed by atoms with Crippen LogP contribution in [0.4, 0.5) is 0 Å². The summed E-state index contributed by atoms with van der Waals surface area (Å²) in [6.07, 6.45) is 4.86. The summed E-state index contributed by atoms with van der Waals surface area (Å²) in [4.78, 5) is 14.0. The zero-order valence-electron chi connectivity index (χ0n) is 12.2. The van der Waals surface area contributed by atoms with Crippen LogP contribution in [0.5, 0.6) is 0 Å². The van der Waals surface area contributed by atoms with Gasteiger partial charge >= 0.3 is 0 Å². The summed E-state index contributed by atoms with van der Waals surface area (Å²) >= 11 is 0. The van der Waals surface area contributed by atoms with Crippen LogP contribution >= 0.6 is 0 Å². The second-order valence-electron chi connectivity index (χ2n) is 5.33. The molecule has 1 aliphatic heterocycles. The highest BCUT2D eigenvalue weighted by Gasteiger charge is 2.17. The van der Waals surface area contributed by atoms with Crippen LogP contribution in [0.1, 0.15) is 12.5 Å². The van der Waals surface area contributed by atoms with Crippen LogP contribution in [0.2, 0.25) is 0 Å². The SMILES string of the molecule is CC1CN(C(N)=NCCc2c[nH]c3ncccc23)CCO1. The number of guanidine groups is 1. The van der Waals surface area contributed by atoms with Crippen molar-refractivity contribution >= 4 is 17.0 Å². The number of aromatic amines is 1. The molecule has 3 N–H and O–H groups in total. The smallest absolute Gasteiger partial charge is 0.191 e. The number of hydrogen-bond acceptors (Lipinski definition) is 3. The van der Waals surface area contributed by atoms with Gasteiger partial charge in [0.2, 0.25) is 0 Å². The first kappa shape index (κ1) is 13.9. The van der Waals surface area contributed by atoms with Gasteiger partial charge in [-0.2, -0.15) is 0 Å². The van der Waals surface area contributed by atoms with Crippen LogP contribution in [-0.4, -0.2) is 53.2 Å². The molecular formula is C15H21N5O. The van der Waals surface area contributed by atoms with Crippen LogP contribution in [0, 0.1) is 0 Å². The summed E-state index contributed by atoms with van der Waals surface area (Å²) < 4.78 is 5.51. The molecule has 1 unspecified atom stereocenters. The Bertz CT molecular complexity index is 636. The topological polar surface area (TPSA) is 79.5 Å². The number of morpholine rings is 1. The molecule has 112 valence electrons. The summed E-state index contributed by atoms with van der Waals surface area (Å²) in [5, 5.41) is 1.16. The normalized spacial score (nSPS) is 20.1. The van der Waals surface area contributed by atoms with Crippen molar-refractivity contribution in [2.24, 2.45) is 10.7 Å². The van der Waals surface area contributed by atoms with Gasteiger partial charge < -0.3 is 20.4 Å². The van der Waals surface area contributed by atoms with Gasteiger partial charge in [-0.3, -0.25) is 4.99 Å². The van der Waals surface area contributed by atoms with Crippen molar-refractivity contribution in [3.05, 3.63) is 30.1 Å². The monoisotopic (exact) mass is 287 g/mol. The molecule has 0 bridgehead atoms. The predicted molar refractivity (Wildman–Crippen MR) is 83.3 cm³/mol. The molecule has 6 heteroatoms. The van der Waals surface area contributed by atoms with Crippen LogP contribution < -0.4 is 5.73 Å². The van der Waals surface area contributed by atoms with Gasteiger partial charge in [-0.25, -0.2) is 4.98 Å². The minimum atomic E-state index is 0.215. The van der Waals surface area contributed by atoms with Crippen molar-refractivity contribution in [3.63, 3.8) is 0 Å². The lowest BCUT2D eigenvalue weighted by molar-refractivity contribution is 0.00530. The first-order valence-electron chi connectivity index (χ1n) is 7.31. The average molecular weight is 287 g/mol. The Kier molecular flexibility index (Phi) is 4.06. The maximum absolute atomic E-state index is 6.06. The first-order chi connectivity index (χ1) is 10.2. The predicted octanol–water partition coefficient (Wildman–Crippen LogP) is 1.14. The number of ether oxygens (including phenoxy) is 1. The molecule has 2 aromatic rings. The van der Waals surface area contributed by atoms with Gasteiger partial charge in [0.05, 0.1) is 12.7 Å². The Hall–Kier alpha value is -2.08. The Morgan fingerprint density at radius 3 is 3.38 bits per heavy atom. The molecular weight excluding hydrogens is 266 g/mol. The van der Waals surface area contributed by atoms with Gasteiger partial charge in [-0.1, -0.05) is 0 Å². The highest BCUT2D eigenvalue weighted by molar-refractivity contribution is 5.80. The van der Waals surface area contributed by atoms with Crippen LogP contribution in [0.3, 0.4) is 0 Å². The Balaban J connectivity index is 1.61. The molecule has 0 amide bonds. The highest BCUT2D eigenvalue weighted by Crippen LogP contribution is 2.16. The van der Waals surface area contributed by atoms with Gasteiger partial charge in [0.1, 0.15) is 5.65 Å². The summed E-state index contributed by atoms with van der Waals surface area (Å²) in [6, 6.07) is 4.03. The molecule has 1 fully saturated rings. The molecule has 0 radical (unpaired) electrons. The van der Waals surface area contributed by atoms with Gasteiger partial charge in [-0.15, -0.1) is 0 Å². The van der Waals surface area contributed by atoms with Crippen molar-refractivity contribution in [1.29, 1.82) is 0 Å². The van der Waals surface area contributed by atoms with E-state index < -0.39 is 0 Å². The zero-order valence-corrected chi connectivity index (χ0v) is 12.2. The van der Waals surface area contributed by atoms with E-state index in [0.29, 0.717) is 19.1 Å². The number of rotatable bonds is 3. The second kappa shape index (κ2) is 6.13. The van der Waals surface area contributed by atoms with E-state index in [9.17, 15) is 0 Å². The number of nitrogens with one attached hydrogen (secondary N) is 1. The van der Waals surface area contributed by atoms with E-state index in [1.807, 2.05) is 12.3 Å². The third kappa shape index (κ3) is 3.16. The second-order valence-corrected chi connectivity index (χ2v) is 5.33. The number of aromatic nitrogens is 2. The van der Waals surface area contributed by atoms with Crippen molar-refractivity contribution in [2.75, 3.05) is 26.2 Å². The molecule has 3 rings (SSSR count). The van der Waals surface area contributed by atoms with E-state index in [2.05, 4.69) is 32.9 Å². The summed E-state index contributed by atoms with van der Waals surface area (Å²) in [5.41, 5.74) is 8.21. The van der Waals surface area contributed by atoms with Crippen molar-refractivity contribution in [3.8, 4) is 0 Å². The van der Waals surface area contributed by atoms with Crippen LogP contribution in [0.25, 0.3) is 11.0 Å². The fourth-order valence-corrected chi connectivity index (χ4v) is 2.64. The minimum absolute atomic E-state index is 0.215. The van der Waals surface area contributed by atoms with Crippen molar-refractivity contribution in [2.45, 2.75) is 19.4 Å². The molecule has 6 nitrogen and oxygen atoms in total. The number of aliphatic imine (C=N–C) groups is 1. The molecule has 2 aromatic heterocycles. The summed E-state index contributed by atoms with van der Waals surface area (Å²) in [7, 11) is 0. The Morgan fingerprint density at radius 2 is 2.52 bits per heavy atom. The number of nitrogens with zero attached hydrogens (tertiary/aromatic N) is 3. The maximum atomic E-state index is 6.06. The standard InChI is InChI=1S/C15H21N5O/c1-11-10-20(7-8-21-11)15(16)18-6-4-12-9-19-14-13(12)3-2-5-17-14/h2-3,5,9,11H,4,6-8,10H2,1H3,(H2,16,18)(H,17,19). The number of nitrogens with two attached hydrogens (primary N) is 1. The molecule has 1 saturated heterocycles. The van der Waals surface area contributed by atoms with E-state index in [4.69, 9.17) is 10.5 Å². The lowest BCUT2D eigenvalue weighted by atomic mass is 10.1. The first-order valence-corrected chi connectivity index (χ1v) is 7.31. The molecule has 1 aliphatic rings. The quantitative estimate of drug-likeness (QED) is 0.655. The van der Waals surface area contributed by atoms with Crippen molar-refractivity contribution < 1.29 is 4.74 Å². The Labute approximate surface area is 124 Å². The molecule has 0 saturated carbocycles. The van der Waals surface area contributed by atoms with Crippen LogP contribution in [0.15, 0.2) is 29.5 Å². The molecule has 1 atom stereocenters. The lowest BCUT2D eigenvalue weighted by Crippen LogP contribution is -2.47. The van der Waals surface area contributed by atoms with Gasteiger partial charge in [-0.05, 0) is 31.0 Å². The number of H-pyrrole nitrogens is 1. The third-order valence-corrected chi connectivity index (χ3v) is 3.76. The van der Waals surface area contributed by atoms with E-state index >= 15 is 0 Å². The molecule has 3 heterocycles. The van der Waals surface area contributed by atoms with Crippen molar-refractivity contribution in [1.82, 2.24) is 14.9 Å². The highest BCUT2D eigenvalue weighted by atomic mass is 16.5. The fraction of sp³-hybridized carbons (Fsp3) is 0.467. The van der Waals surface area contributed by atoms with Gasteiger partial charge in [0.15, 0.2) is 5.96 Å². The number of fused-ring (bicyclic) bond motifs is 1. The van der Waals surface area contributed by atoms with Gasteiger partial charge in [0.25, 0.3) is 0 Å². The van der Waals surface area contributed by atoms with Gasteiger partial charge in [0, 0.05) is 37.4 Å². The molecule has 0 spiro atoms. The lowest BCUT2D eigenvalue weighted by Gasteiger charge is -2.31. The maximum Gasteiger partial charge on any atom is 0.191 e. The third-order valence-electron chi connectivity index (χ3n) is 3.76. The van der Waals surface area contributed by atoms with E-state index in [1.54, 1.807) is 6.20 Å². The molecule has 21 heavy (non-hydrogen) atoms. The van der Waals surface area contributed by atoms with Crippen LogP contribution in [-0.2, 0) is 11.2 Å². The molecule has 0 aliphatic carbocycles. The number of pyridine rings is 1. The minimum Gasteiger partial charge on any atom is -0.375 e. The van der Waals surface area contributed by atoms with E-state index in [0.717, 1.165) is 30.5 Å². The average Bonchev–Trinajstić information content (AvgIpc) is 2.91. The summed E-state index contributed by atoms with van der Waals surface area (Å²) in [6.45, 7) is 5.08. The summed E-state index contributed by atoms with van der Waals surface area (Å²) in [5.74, 6) is 0.614.